The zero-order valence-corrected chi connectivity index (χ0v) is 9.96. The summed E-state index contributed by atoms with van der Waals surface area (Å²) in [6.45, 7) is 6.62. The summed E-state index contributed by atoms with van der Waals surface area (Å²) in [4.78, 5) is 0. The van der Waals surface area contributed by atoms with E-state index in [0.717, 1.165) is 18.3 Å². The van der Waals surface area contributed by atoms with Gasteiger partial charge in [0.1, 0.15) is 0 Å². The molecular weight excluding hydrogens is 182 g/mol. The molecule has 1 aliphatic rings. The fraction of sp³-hybridized carbons (Fsp3) is 0.571. The van der Waals surface area contributed by atoms with Crippen molar-refractivity contribution in [2.75, 3.05) is 0 Å². The molecule has 0 aromatic heterocycles. The topological polar surface area (TPSA) is 26.0 Å². The first-order chi connectivity index (χ1) is 7.08. The van der Waals surface area contributed by atoms with Gasteiger partial charge in [-0.3, -0.25) is 0 Å². The Bertz CT molecular complexity index is 356. The molecule has 0 radical (unpaired) electrons. The third-order valence-electron chi connectivity index (χ3n) is 3.76. The van der Waals surface area contributed by atoms with E-state index in [4.69, 9.17) is 5.73 Å². The first kappa shape index (κ1) is 10.7. The monoisotopic (exact) mass is 203 g/mol. The van der Waals surface area contributed by atoms with E-state index in [-0.39, 0.29) is 0 Å². The summed E-state index contributed by atoms with van der Waals surface area (Å²) in [5, 5.41) is 0. The Morgan fingerprint density at radius 2 is 2.00 bits per heavy atom. The smallest absolute Gasteiger partial charge is 0.0110 e. The highest BCUT2D eigenvalue weighted by atomic mass is 14.7. The molecule has 1 nitrogen and oxygen atoms in total. The van der Waals surface area contributed by atoms with Crippen molar-refractivity contribution in [3.63, 3.8) is 0 Å². The molecule has 3 unspecified atom stereocenters. The van der Waals surface area contributed by atoms with Crippen molar-refractivity contribution in [3.8, 4) is 0 Å². The summed E-state index contributed by atoms with van der Waals surface area (Å²) >= 11 is 0. The van der Waals surface area contributed by atoms with E-state index in [1.165, 1.54) is 23.1 Å². The van der Waals surface area contributed by atoms with Crippen LogP contribution in [-0.4, -0.2) is 6.04 Å². The minimum atomic E-state index is 0.363. The highest BCUT2D eigenvalue weighted by molar-refractivity contribution is 5.30. The van der Waals surface area contributed by atoms with Crippen molar-refractivity contribution in [3.05, 3.63) is 34.9 Å². The van der Waals surface area contributed by atoms with Gasteiger partial charge in [-0.2, -0.15) is 0 Å². The van der Waals surface area contributed by atoms with E-state index in [0.29, 0.717) is 6.04 Å². The summed E-state index contributed by atoms with van der Waals surface area (Å²) in [6.07, 6.45) is 2.36. The Kier molecular flexibility index (Phi) is 2.83. The zero-order chi connectivity index (χ0) is 11.0. The Morgan fingerprint density at radius 1 is 1.33 bits per heavy atom. The van der Waals surface area contributed by atoms with Gasteiger partial charge in [0.25, 0.3) is 0 Å². The molecule has 1 aromatic rings. The van der Waals surface area contributed by atoms with Crippen molar-refractivity contribution >= 4 is 0 Å². The molecule has 1 fully saturated rings. The fourth-order valence-corrected chi connectivity index (χ4v) is 2.30. The van der Waals surface area contributed by atoms with Crippen LogP contribution in [0.2, 0.25) is 0 Å². The summed E-state index contributed by atoms with van der Waals surface area (Å²) in [5.41, 5.74) is 10.3. The minimum absolute atomic E-state index is 0.363. The van der Waals surface area contributed by atoms with Gasteiger partial charge < -0.3 is 5.73 Å². The maximum absolute atomic E-state index is 6.19. The molecule has 2 rings (SSSR count). The van der Waals surface area contributed by atoms with Gasteiger partial charge in [0.05, 0.1) is 0 Å². The second kappa shape index (κ2) is 3.97. The van der Waals surface area contributed by atoms with Crippen LogP contribution in [0.4, 0.5) is 0 Å². The molecule has 0 saturated heterocycles. The molecule has 0 bridgehead atoms. The normalized spacial score (nSPS) is 26.4. The Hall–Kier alpha value is -0.820. The van der Waals surface area contributed by atoms with Crippen LogP contribution in [-0.2, 0) is 6.42 Å². The lowest BCUT2D eigenvalue weighted by Gasteiger charge is -2.12. The maximum atomic E-state index is 6.19. The largest absolute Gasteiger partial charge is 0.327 e. The number of aryl methyl sites for hydroxylation is 2. The van der Waals surface area contributed by atoms with E-state index in [1.807, 2.05) is 0 Å². The first-order valence-electron chi connectivity index (χ1n) is 5.89. The molecule has 82 valence electrons. The van der Waals surface area contributed by atoms with Crippen molar-refractivity contribution in [1.82, 2.24) is 0 Å². The summed E-state index contributed by atoms with van der Waals surface area (Å²) in [7, 11) is 0. The lowest BCUT2D eigenvalue weighted by Crippen LogP contribution is -2.25. The molecular formula is C14H21N. The number of benzene rings is 1. The number of nitrogens with two attached hydrogens (primary N) is 1. The average Bonchev–Trinajstić information content (AvgIpc) is 2.89. The molecule has 1 saturated carbocycles. The predicted molar refractivity (Wildman–Crippen MR) is 64.9 cm³/mol. The van der Waals surface area contributed by atoms with E-state index in [9.17, 15) is 0 Å². The highest BCUT2D eigenvalue weighted by Gasteiger charge is 2.37. The molecule has 0 heterocycles. The second-order valence-electron chi connectivity index (χ2n) is 5.16. The van der Waals surface area contributed by atoms with E-state index in [1.54, 1.807) is 0 Å². The molecule has 1 heteroatoms. The molecule has 0 spiro atoms. The highest BCUT2D eigenvalue weighted by Crippen LogP contribution is 2.40. The van der Waals surface area contributed by atoms with Crippen LogP contribution in [0.5, 0.6) is 0 Å². The fourth-order valence-electron chi connectivity index (χ4n) is 2.30. The van der Waals surface area contributed by atoms with Gasteiger partial charge in [-0.05, 0) is 55.2 Å². The van der Waals surface area contributed by atoms with Crippen molar-refractivity contribution in [1.29, 1.82) is 0 Å². The third kappa shape index (κ3) is 2.40. The van der Waals surface area contributed by atoms with Crippen LogP contribution in [0.15, 0.2) is 18.2 Å². The predicted octanol–water partition coefficient (Wildman–Crippen LogP) is 2.83. The summed E-state index contributed by atoms with van der Waals surface area (Å²) in [6, 6.07) is 7.06. The maximum Gasteiger partial charge on any atom is 0.0110 e. The molecule has 1 aromatic carbocycles. The molecule has 0 aliphatic heterocycles. The average molecular weight is 203 g/mol. The first-order valence-corrected chi connectivity index (χ1v) is 5.89. The van der Waals surface area contributed by atoms with E-state index < -0.39 is 0 Å². The van der Waals surface area contributed by atoms with Crippen LogP contribution in [0.3, 0.4) is 0 Å². The van der Waals surface area contributed by atoms with Gasteiger partial charge in [0, 0.05) is 6.04 Å². The van der Waals surface area contributed by atoms with Crippen LogP contribution >= 0.6 is 0 Å². The van der Waals surface area contributed by atoms with Gasteiger partial charge in [-0.1, -0.05) is 25.1 Å². The van der Waals surface area contributed by atoms with Gasteiger partial charge in [-0.25, -0.2) is 0 Å². The third-order valence-corrected chi connectivity index (χ3v) is 3.76. The van der Waals surface area contributed by atoms with Gasteiger partial charge in [0.2, 0.25) is 0 Å². The summed E-state index contributed by atoms with van der Waals surface area (Å²) in [5.74, 6) is 1.62. The van der Waals surface area contributed by atoms with Crippen LogP contribution in [0, 0.1) is 25.7 Å². The molecule has 2 N–H and O–H groups in total. The number of hydrogen-bond acceptors (Lipinski definition) is 1. The Morgan fingerprint density at radius 3 is 2.53 bits per heavy atom. The quantitative estimate of drug-likeness (QED) is 0.803. The lowest BCUT2D eigenvalue weighted by molar-refractivity contribution is 0.560. The van der Waals surface area contributed by atoms with Gasteiger partial charge in [-0.15, -0.1) is 0 Å². The minimum Gasteiger partial charge on any atom is -0.327 e. The van der Waals surface area contributed by atoms with Crippen molar-refractivity contribution < 1.29 is 0 Å². The van der Waals surface area contributed by atoms with E-state index in [2.05, 4.69) is 39.0 Å². The molecule has 0 amide bonds. The molecule has 1 aliphatic carbocycles. The zero-order valence-electron chi connectivity index (χ0n) is 9.96. The number of rotatable bonds is 3. The Balaban J connectivity index is 2.01. The SMILES string of the molecule is Cc1ccc(CC(N)C2CC2C)cc1C. The summed E-state index contributed by atoms with van der Waals surface area (Å²) < 4.78 is 0. The second-order valence-corrected chi connectivity index (χ2v) is 5.16. The van der Waals surface area contributed by atoms with Crippen molar-refractivity contribution in [2.45, 2.75) is 39.7 Å². The van der Waals surface area contributed by atoms with E-state index >= 15 is 0 Å². The number of hydrogen-bond donors (Lipinski definition) is 1. The Labute approximate surface area is 92.7 Å². The van der Waals surface area contributed by atoms with Crippen LogP contribution in [0.25, 0.3) is 0 Å². The van der Waals surface area contributed by atoms with Gasteiger partial charge in [0.15, 0.2) is 0 Å². The molecule has 15 heavy (non-hydrogen) atoms. The lowest BCUT2D eigenvalue weighted by atomic mass is 9.98. The van der Waals surface area contributed by atoms with Gasteiger partial charge >= 0.3 is 0 Å². The van der Waals surface area contributed by atoms with Crippen molar-refractivity contribution in [2.24, 2.45) is 17.6 Å². The molecule has 3 atom stereocenters. The van der Waals surface area contributed by atoms with Crippen LogP contribution < -0.4 is 5.73 Å². The van der Waals surface area contributed by atoms with Crippen LogP contribution in [0.1, 0.15) is 30.0 Å². The standard InChI is InChI=1S/C14H21N/c1-9-4-5-12(6-10(9)2)8-14(15)13-7-11(13)3/h4-6,11,13-14H,7-8,15H2,1-3H3.